The number of carbonyl (C=O) groups is 1. The van der Waals surface area contributed by atoms with Gasteiger partial charge in [-0.15, -0.1) is 0 Å². The van der Waals surface area contributed by atoms with Crippen LogP contribution in [0.5, 0.6) is 5.75 Å². The van der Waals surface area contributed by atoms with Crippen molar-refractivity contribution < 1.29 is 18.7 Å². The normalized spacial score (nSPS) is 20.2. The molecule has 0 bridgehead atoms. The topological polar surface area (TPSA) is 68.0 Å². The van der Waals surface area contributed by atoms with Crippen molar-refractivity contribution in [3.05, 3.63) is 17.2 Å². The van der Waals surface area contributed by atoms with Gasteiger partial charge in [-0.25, -0.2) is 4.79 Å². The number of anilines is 1. The number of ether oxygens (including phenoxy) is 2. The Kier molecular flexibility index (Phi) is 5.27. The number of halogens is 1. The molecule has 2 heterocycles. The highest BCUT2D eigenvalue weighted by Gasteiger charge is 2.32. The molecule has 1 saturated carbocycles. The number of hydrogen-bond acceptors (Lipinski definition) is 6. The lowest BCUT2D eigenvalue weighted by Crippen LogP contribution is -2.54. The number of oxazole rings is 1. The molecule has 7 nitrogen and oxygen atoms in total. The number of rotatable bonds is 4. The lowest BCUT2D eigenvalue weighted by atomic mass is 10.2. The van der Waals surface area contributed by atoms with Crippen LogP contribution in [0.25, 0.3) is 11.1 Å². The van der Waals surface area contributed by atoms with Gasteiger partial charge < -0.3 is 23.7 Å². The zero-order chi connectivity index (χ0) is 20.8. The van der Waals surface area contributed by atoms with Gasteiger partial charge in [0, 0.05) is 36.8 Å². The van der Waals surface area contributed by atoms with E-state index in [0.717, 1.165) is 0 Å². The summed E-state index contributed by atoms with van der Waals surface area (Å²) in [5.74, 6) is 1.27. The van der Waals surface area contributed by atoms with E-state index in [1.807, 2.05) is 27.7 Å². The SMILES string of the molecule is C[C@H]1CN(C(=O)OC(C)(C)C)CCN1c1nc2cc(Cl)cc(OCC3CC3)c2o1. The Morgan fingerprint density at radius 3 is 2.72 bits per heavy atom. The lowest BCUT2D eigenvalue weighted by Gasteiger charge is -2.39. The van der Waals surface area contributed by atoms with Crippen LogP contribution < -0.4 is 9.64 Å². The van der Waals surface area contributed by atoms with Gasteiger partial charge in [0.2, 0.25) is 0 Å². The third-order valence-electron chi connectivity index (χ3n) is 5.11. The average Bonchev–Trinajstić information content (AvgIpc) is 3.36. The Morgan fingerprint density at radius 1 is 1.31 bits per heavy atom. The van der Waals surface area contributed by atoms with E-state index in [4.69, 9.17) is 25.5 Å². The first-order valence-electron chi connectivity index (χ1n) is 10.2. The molecule has 2 aromatic rings. The van der Waals surface area contributed by atoms with E-state index >= 15 is 0 Å². The Morgan fingerprint density at radius 2 is 2.07 bits per heavy atom. The number of aromatic nitrogens is 1. The van der Waals surface area contributed by atoms with Crippen molar-refractivity contribution in [2.45, 2.75) is 52.2 Å². The summed E-state index contributed by atoms with van der Waals surface area (Å²) in [6, 6.07) is 4.13. The first kappa shape index (κ1) is 20.1. The maximum atomic E-state index is 12.4. The van der Waals surface area contributed by atoms with Gasteiger partial charge in [-0.1, -0.05) is 11.6 Å². The Balaban J connectivity index is 1.49. The van der Waals surface area contributed by atoms with Crippen molar-refractivity contribution in [1.82, 2.24) is 9.88 Å². The van der Waals surface area contributed by atoms with Gasteiger partial charge in [-0.3, -0.25) is 0 Å². The summed E-state index contributed by atoms with van der Waals surface area (Å²) >= 11 is 6.25. The van der Waals surface area contributed by atoms with Crippen LogP contribution in [-0.4, -0.2) is 53.9 Å². The van der Waals surface area contributed by atoms with E-state index in [0.29, 0.717) is 60.0 Å². The number of piperazine rings is 1. The maximum absolute atomic E-state index is 12.4. The standard InChI is InChI=1S/C21H28ClN3O4/c1-13-11-24(20(26)29-21(2,3)4)7-8-25(13)19-23-16-9-15(22)10-17(18(16)28-19)27-12-14-5-6-14/h9-10,13-14H,5-8,11-12H2,1-4H3/t13-/m0/s1. The van der Waals surface area contributed by atoms with E-state index in [1.165, 1.54) is 12.8 Å². The molecule has 1 aromatic heterocycles. The van der Waals surface area contributed by atoms with Crippen molar-refractivity contribution in [2.75, 3.05) is 31.1 Å². The van der Waals surface area contributed by atoms with Gasteiger partial charge in [-0.05, 0) is 52.5 Å². The number of carbonyl (C=O) groups excluding carboxylic acids is 1. The molecule has 0 radical (unpaired) electrons. The largest absolute Gasteiger partial charge is 0.489 e. The van der Waals surface area contributed by atoms with Gasteiger partial charge in [0.1, 0.15) is 11.1 Å². The van der Waals surface area contributed by atoms with Crippen LogP contribution in [0.1, 0.15) is 40.5 Å². The van der Waals surface area contributed by atoms with E-state index in [9.17, 15) is 4.79 Å². The minimum absolute atomic E-state index is 0.0376. The predicted octanol–water partition coefficient (Wildman–Crippen LogP) is 4.72. The molecule has 1 saturated heterocycles. The number of nitrogens with zero attached hydrogens (tertiary/aromatic N) is 3. The summed E-state index contributed by atoms with van der Waals surface area (Å²) in [6.45, 7) is 10.0. The van der Waals surface area contributed by atoms with E-state index in [2.05, 4.69) is 9.88 Å². The van der Waals surface area contributed by atoms with Crippen molar-refractivity contribution in [1.29, 1.82) is 0 Å². The number of fused-ring (bicyclic) bond motifs is 1. The molecule has 1 aromatic carbocycles. The van der Waals surface area contributed by atoms with Crippen LogP contribution >= 0.6 is 11.6 Å². The maximum Gasteiger partial charge on any atom is 0.410 e. The predicted molar refractivity (Wildman–Crippen MR) is 112 cm³/mol. The fourth-order valence-electron chi connectivity index (χ4n) is 3.41. The average molecular weight is 422 g/mol. The summed E-state index contributed by atoms with van der Waals surface area (Å²) in [4.78, 5) is 20.8. The number of benzene rings is 1. The minimum atomic E-state index is -0.506. The molecule has 1 aliphatic heterocycles. The Hall–Kier alpha value is -2.15. The molecule has 0 unspecified atom stereocenters. The van der Waals surface area contributed by atoms with Crippen LogP contribution in [0.15, 0.2) is 16.5 Å². The monoisotopic (exact) mass is 421 g/mol. The molecule has 1 atom stereocenters. The Labute approximate surface area is 175 Å². The molecule has 1 aliphatic carbocycles. The fourth-order valence-corrected chi connectivity index (χ4v) is 3.62. The molecule has 2 fully saturated rings. The van der Waals surface area contributed by atoms with Crippen molar-refractivity contribution in [2.24, 2.45) is 5.92 Å². The summed E-state index contributed by atoms with van der Waals surface area (Å²) in [7, 11) is 0. The van der Waals surface area contributed by atoms with Crippen LogP contribution in [-0.2, 0) is 4.74 Å². The van der Waals surface area contributed by atoms with Crippen molar-refractivity contribution in [3.63, 3.8) is 0 Å². The molecule has 29 heavy (non-hydrogen) atoms. The molecule has 8 heteroatoms. The minimum Gasteiger partial charge on any atom is -0.489 e. The number of hydrogen-bond donors (Lipinski definition) is 0. The first-order valence-corrected chi connectivity index (χ1v) is 10.5. The van der Waals surface area contributed by atoms with Gasteiger partial charge in [-0.2, -0.15) is 4.98 Å². The molecule has 4 rings (SSSR count). The number of amides is 1. The third kappa shape index (κ3) is 4.71. The zero-order valence-corrected chi connectivity index (χ0v) is 18.2. The third-order valence-corrected chi connectivity index (χ3v) is 5.32. The van der Waals surface area contributed by atoms with Crippen LogP contribution in [0, 0.1) is 5.92 Å². The summed E-state index contributed by atoms with van der Waals surface area (Å²) in [5.41, 5.74) is 0.792. The second-order valence-corrected chi connectivity index (χ2v) is 9.41. The zero-order valence-electron chi connectivity index (χ0n) is 17.4. The molecule has 2 aliphatic rings. The smallest absolute Gasteiger partial charge is 0.410 e. The lowest BCUT2D eigenvalue weighted by molar-refractivity contribution is 0.0216. The van der Waals surface area contributed by atoms with Gasteiger partial charge in [0.15, 0.2) is 11.3 Å². The van der Waals surface area contributed by atoms with E-state index in [-0.39, 0.29) is 12.1 Å². The molecular weight excluding hydrogens is 394 g/mol. The molecule has 158 valence electrons. The first-order chi connectivity index (χ1) is 13.7. The second kappa shape index (κ2) is 7.59. The van der Waals surface area contributed by atoms with Crippen molar-refractivity contribution in [3.8, 4) is 5.75 Å². The summed E-state index contributed by atoms with van der Waals surface area (Å²) < 4.78 is 17.5. The molecular formula is C21H28ClN3O4. The van der Waals surface area contributed by atoms with Gasteiger partial charge in [0.25, 0.3) is 6.01 Å². The van der Waals surface area contributed by atoms with E-state index in [1.54, 1.807) is 17.0 Å². The van der Waals surface area contributed by atoms with Crippen molar-refractivity contribution >= 4 is 34.8 Å². The highest BCUT2D eigenvalue weighted by atomic mass is 35.5. The fraction of sp³-hybridized carbons (Fsp3) is 0.619. The highest BCUT2D eigenvalue weighted by Crippen LogP contribution is 2.36. The summed E-state index contributed by atoms with van der Waals surface area (Å²) in [6.07, 6.45) is 2.14. The summed E-state index contributed by atoms with van der Waals surface area (Å²) in [5, 5.41) is 0.575. The van der Waals surface area contributed by atoms with Crippen LogP contribution in [0.4, 0.5) is 10.8 Å². The highest BCUT2D eigenvalue weighted by molar-refractivity contribution is 6.31. The second-order valence-electron chi connectivity index (χ2n) is 8.97. The van der Waals surface area contributed by atoms with Gasteiger partial charge >= 0.3 is 6.09 Å². The van der Waals surface area contributed by atoms with Gasteiger partial charge in [0.05, 0.1) is 6.61 Å². The Bertz CT molecular complexity index is 903. The molecule has 1 amide bonds. The molecule has 0 N–H and O–H groups in total. The van der Waals surface area contributed by atoms with Crippen LogP contribution in [0.3, 0.4) is 0 Å². The van der Waals surface area contributed by atoms with Crippen LogP contribution in [0.2, 0.25) is 5.02 Å². The molecule has 0 spiro atoms. The van der Waals surface area contributed by atoms with E-state index < -0.39 is 5.60 Å². The quantitative estimate of drug-likeness (QED) is 0.711.